The average molecular weight is 252 g/mol. The molecule has 96 valence electrons. The topological polar surface area (TPSA) is 32.3 Å². The zero-order valence-electron chi connectivity index (χ0n) is 10.8. The van der Waals surface area contributed by atoms with Crippen molar-refractivity contribution in [1.29, 1.82) is 0 Å². The lowest BCUT2D eigenvalue weighted by Gasteiger charge is -2.32. The van der Waals surface area contributed by atoms with Gasteiger partial charge in [-0.25, -0.2) is 0 Å². The van der Waals surface area contributed by atoms with Gasteiger partial charge < -0.3 is 15.0 Å². The number of hydrogen-bond donors (Lipinski definition) is 1. The molecule has 19 heavy (non-hydrogen) atoms. The smallest absolute Gasteiger partial charge is 0.144 e. The van der Waals surface area contributed by atoms with Crippen molar-refractivity contribution in [2.45, 2.75) is 6.04 Å². The first-order valence-corrected chi connectivity index (χ1v) is 6.40. The van der Waals surface area contributed by atoms with Gasteiger partial charge in [0.15, 0.2) is 0 Å². The molecule has 0 aliphatic carbocycles. The normalized spacial score (nSPS) is 17.5. The van der Waals surface area contributed by atoms with Gasteiger partial charge in [-0.2, -0.15) is 0 Å². The molecule has 2 aromatic rings. The number of carbonyl (C=O) groups excluding carboxylic acids is 1. The van der Waals surface area contributed by atoms with E-state index in [0.29, 0.717) is 6.54 Å². The van der Waals surface area contributed by atoms with Crippen molar-refractivity contribution < 1.29 is 4.79 Å². The Labute approximate surface area is 112 Å². The number of fused-ring (bicyclic) bond motifs is 1. The van der Waals surface area contributed by atoms with E-state index in [1.54, 1.807) is 0 Å². The van der Waals surface area contributed by atoms with Crippen LogP contribution in [0.1, 0.15) is 0 Å². The Balaban J connectivity index is 2.01. The van der Waals surface area contributed by atoms with Crippen molar-refractivity contribution in [2.75, 3.05) is 23.8 Å². The lowest BCUT2D eigenvalue weighted by molar-refractivity contribution is -0.108. The third-order valence-electron chi connectivity index (χ3n) is 3.49. The molecule has 0 saturated heterocycles. The van der Waals surface area contributed by atoms with E-state index in [-0.39, 0.29) is 6.04 Å². The minimum absolute atomic E-state index is 0.125. The van der Waals surface area contributed by atoms with E-state index in [0.717, 1.165) is 17.7 Å². The number of carbonyl (C=O) groups is 1. The van der Waals surface area contributed by atoms with Crippen molar-refractivity contribution in [3.8, 4) is 11.1 Å². The molecular weight excluding hydrogens is 236 g/mol. The van der Waals surface area contributed by atoms with Crippen LogP contribution in [0.3, 0.4) is 0 Å². The first kappa shape index (κ1) is 11.8. The molecule has 3 nitrogen and oxygen atoms in total. The number of anilines is 2. The summed E-state index contributed by atoms with van der Waals surface area (Å²) in [6.07, 6.45) is 0.963. The lowest BCUT2D eigenvalue weighted by atomic mass is 10.0. The molecule has 0 fully saturated rings. The monoisotopic (exact) mass is 252 g/mol. The zero-order chi connectivity index (χ0) is 13.2. The molecule has 2 aromatic carbocycles. The fourth-order valence-corrected chi connectivity index (χ4v) is 2.50. The summed E-state index contributed by atoms with van der Waals surface area (Å²) in [4.78, 5) is 13.0. The van der Waals surface area contributed by atoms with Gasteiger partial charge in [-0.3, -0.25) is 0 Å². The Bertz CT molecular complexity index is 595. The second kappa shape index (κ2) is 4.76. The van der Waals surface area contributed by atoms with Gasteiger partial charge >= 0.3 is 0 Å². The quantitative estimate of drug-likeness (QED) is 0.834. The average Bonchev–Trinajstić information content (AvgIpc) is 2.47. The van der Waals surface area contributed by atoms with E-state index in [1.165, 1.54) is 11.1 Å². The maximum Gasteiger partial charge on any atom is 0.144 e. The van der Waals surface area contributed by atoms with Crippen LogP contribution in [0, 0.1) is 0 Å². The fraction of sp³-hybridized carbons (Fsp3) is 0.188. The van der Waals surface area contributed by atoms with Gasteiger partial charge in [-0.05, 0) is 23.3 Å². The Morgan fingerprint density at radius 1 is 1.16 bits per heavy atom. The second-order valence-electron chi connectivity index (χ2n) is 4.87. The largest absolute Gasteiger partial charge is 0.372 e. The van der Waals surface area contributed by atoms with Crippen molar-refractivity contribution in [3.63, 3.8) is 0 Å². The van der Waals surface area contributed by atoms with Crippen molar-refractivity contribution in [3.05, 3.63) is 48.5 Å². The number of likely N-dealkylation sites (N-methyl/N-ethyl adjacent to an activating group) is 1. The molecule has 1 heterocycles. The first-order valence-electron chi connectivity index (χ1n) is 6.40. The van der Waals surface area contributed by atoms with Crippen molar-refractivity contribution >= 4 is 17.7 Å². The highest BCUT2D eigenvalue weighted by Gasteiger charge is 2.21. The third-order valence-corrected chi connectivity index (χ3v) is 3.49. The molecule has 0 radical (unpaired) electrons. The summed E-state index contributed by atoms with van der Waals surface area (Å²) in [6.45, 7) is 0.703. The van der Waals surface area contributed by atoms with Gasteiger partial charge in [0.05, 0.1) is 17.4 Å². The summed E-state index contributed by atoms with van der Waals surface area (Å²) in [5, 5.41) is 3.25. The molecular formula is C16H16N2O. The maximum atomic E-state index is 10.9. The number of hydrogen-bond acceptors (Lipinski definition) is 3. The summed E-state index contributed by atoms with van der Waals surface area (Å²) in [6, 6.07) is 16.5. The minimum Gasteiger partial charge on any atom is -0.372 e. The van der Waals surface area contributed by atoms with Gasteiger partial charge in [-0.15, -0.1) is 0 Å². The molecule has 1 unspecified atom stereocenters. The maximum absolute atomic E-state index is 10.9. The summed E-state index contributed by atoms with van der Waals surface area (Å²) in [5.41, 5.74) is 4.55. The molecule has 0 bridgehead atoms. The molecule has 0 spiro atoms. The third kappa shape index (κ3) is 2.19. The molecule has 3 rings (SSSR count). The Kier molecular flexibility index (Phi) is 2.95. The SMILES string of the molecule is CN1CC(C=O)Nc2ccc(-c3ccccc3)cc21. The molecule has 1 N–H and O–H groups in total. The summed E-state index contributed by atoms with van der Waals surface area (Å²) in [7, 11) is 2.02. The van der Waals surface area contributed by atoms with Crippen LogP contribution in [-0.2, 0) is 4.79 Å². The summed E-state index contributed by atoms with van der Waals surface area (Å²) < 4.78 is 0. The highest BCUT2D eigenvalue weighted by atomic mass is 16.1. The van der Waals surface area contributed by atoms with Crippen LogP contribution < -0.4 is 10.2 Å². The van der Waals surface area contributed by atoms with Crippen LogP contribution in [0.5, 0.6) is 0 Å². The van der Waals surface area contributed by atoms with Gasteiger partial charge in [0.25, 0.3) is 0 Å². The second-order valence-corrected chi connectivity index (χ2v) is 4.87. The van der Waals surface area contributed by atoms with Crippen LogP contribution >= 0.6 is 0 Å². The van der Waals surface area contributed by atoms with Crippen LogP contribution in [0.2, 0.25) is 0 Å². The van der Waals surface area contributed by atoms with E-state index in [9.17, 15) is 4.79 Å². The number of benzene rings is 2. The Morgan fingerprint density at radius 2 is 1.95 bits per heavy atom. The van der Waals surface area contributed by atoms with Crippen molar-refractivity contribution in [2.24, 2.45) is 0 Å². The highest BCUT2D eigenvalue weighted by Crippen LogP contribution is 2.33. The minimum atomic E-state index is -0.125. The van der Waals surface area contributed by atoms with Gasteiger partial charge in [0.1, 0.15) is 6.29 Å². The number of nitrogens with one attached hydrogen (secondary N) is 1. The van der Waals surface area contributed by atoms with Gasteiger partial charge in [0.2, 0.25) is 0 Å². The first-order chi connectivity index (χ1) is 9.28. The fourth-order valence-electron chi connectivity index (χ4n) is 2.50. The molecule has 1 aliphatic heterocycles. The van der Waals surface area contributed by atoms with E-state index in [1.807, 2.05) is 31.3 Å². The molecule has 0 amide bonds. The Morgan fingerprint density at radius 3 is 2.68 bits per heavy atom. The molecule has 3 heteroatoms. The van der Waals surface area contributed by atoms with Crippen LogP contribution in [0.15, 0.2) is 48.5 Å². The van der Waals surface area contributed by atoms with Gasteiger partial charge in [0, 0.05) is 13.6 Å². The van der Waals surface area contributed by atoms with E-state index in [4.69, 9.17) is 0 Å². The molecule has 1 aliphatic rings. The predicted octanol–water partition coefficient (Wildman–Crippen LogP) is 2.78. The Hall–Kier alpha value is -2.29. The highest BCUT2D eigenvalue weighted by molar-refractivity contribution is 5.82. The summed E-state index contributed by atoms with van der Waals surface area (Å²) >= 11 is 0. The summed E-state index contributed by atoms with van der Waals surface area (Å²) in [5.74, 6) is 0. The van der Waals surface area contributed by atoms with E-state index in [2.05, 4.69) is 34.5 Å². The molecule has 0 aromatic heterocycles. The van der Waals surface area contributed by atoms with E-state index >= 15 is 0 Å². The predicted molar refractivity (Wildman–Crippen MR) is 78.6 cm³/mol. The number of nitrogens with zero attached hydrogens (tertiary/aromatic N) is 1. The lowest BCUT2D eigenvalue weighted by Crippen LogP contribution is -2.40. The number of aldehydes is 1. The zero-order valence-corrected chi connectivity index (χ0v) is 10.8. The number of rotatable bonds is 2. The van der Waals surface area contributed by atoms with Crippen molar-refractivity contribution in [1.82, 2.24) is 0 Å². The standard InChI is InChI=1S/C16H16N2O/c1-18-10-14(11-19)17-15-8-7-13(9-16(15)18)12-5-3-2-4-6-12/h2-9,11,14,17H,10H2,1H3. The van der Waals surface area contributed by atoms with Crippen LogP contribution in [0.4, 0.5) is 11.4 Å². The van der Waals surface area contributed by atoms with Crippen LogP contribution in [0.25, 0.3) is 11.1 Å². The molecule has 0 saturated carbocycles. The van der Waals surface area contributed by atoms with E-state index < -0.39 is 0 Å². The van der Waals surface area contributed by atoms with Gasteiger partial charge in [-0.1, -0.05) is 36.4 Å². The molecule has 1 atom stereocenters. The van der Waals surface area contributed by atoms with Crippen LogP contribution in [-0.4, -0.2) is 25.9 Å².